The SMILES string of the molecule is Cc1ccc(C(=O)C[S+](C)C)c(N(C)C)c1. The van der Waals surface area contributed by atoms with Gasteiger partial charge >= 0.3 is 0 Å². The van der Waals surface area contributed by atoms with Crippen molar-refractivity contribution in [1.82, 2.24) is 0 Å². The number of carbonyl (C=O) groups excluding carboxylic acids is 1. The summed E-state index contributed by atoms with van der Waals surface area (Å²) in [4.78, 5) is 14.1. The average molecular weight is 238 g/mol. The third-order valence-electron chi connectivity index (χ3n) is 2.36. The first kappa shape index (κ1) is 13.1. The molecular formula is C13H20NOS+. The quantitative estimate of drug-likeness (QED) is 0.591. The zero-order chi connectivity index (χ0) is 12.3. The smallest absolute Gasteiger partial charge is 0.213 e. The summed E-state index contributed by atoms with van der Waals surface area (Å²) in [6.07, 6.45) is 4.20. The molecule has 0 fully saturated rings. The highest BCUT2D eigenvalue weighted by molar-refractivity contribution is 7.96. The first-order chi connectivity index (χ1) is 7.41. The van der Waals surface area contributed by atoms with E-state index in [1.807, 2.05) is 38.1 Å². The summed E-state index contributed by atoms with van der Waals surface area (Å²) in [6, 6.07) is 6.01. The van der Waals surface area contributed by atoms with Gasteiger partial charge in [0.1, 0.15) is 0 Å². The van der Waals surface area contributed by atoms with E-state index >= 15 is 0 Å². The molecule has 0 aliphatic heterocycles. The second kappa shape index (κ2) is 5.39. The van der Waals surface area contributed by atoms with E-state index in [0.717, 1.165) is 11.3 Å². The van der Waals surface area contributed by atoms with Crippen LogP contribution in [0.4, 0.5) is 5.69 Å². The molecule has 0 aromatic heterocycles. The maximum atomic E-state index is 12.1. The summed E-state index contributed by atoms with van der Waals surface area (Å²) >= 11 is 0. The van der Waals surface area contributed by atoms with Gasteiger partial charge in [0.25, 0.3) is 0 Å². The van der Waals surface area contributed by atoms with Crippen LogP contribution in [0.15, 0.2) is 18.2 Å². The molecule has 16 heavy (non-hydrogen) atoms. The second-order valence-electron chi connectivity index (χ2n) is 4.47. The number of hydrogen-bond acceptors (Lipinski definition) is 2. The zero-order valence-corrected chi connectivity index (χ0v) is 11.5. The van der Waals surface area contributed by atoms with Gasteiger partial charge in [-0.2, -0.15) is 0 Å². The van der Waals surface area contributed by atoms with Crippen LogP contribution in [0.2, 0.25) is 0 Å². The van der Waals surface area contributed by atoms with Crippen LogP contribution in [0.1, 0.15) is 15.9 Å². The molecule has 1 rings (SSSR count). The molecule has 0 unspecified atom stereocenters. The van der Waals surface area contributed by atoms with Crippen molar-refractivity contribution < 1.29 is 4.79 Å². The van der Waals surface area contributed by atoms with Crippen LogP contribution >= 0.6 is 0 Å². The number of aryl methyl sites for hydroxylation is 1. The Kier molecular flexibility index (Phi) is 4.42. The lowest BCUT2D eigenvalue weighted by Gasteiger charge is -2.17. The van der Waals surface area contributed by atoms with E-state index in [4.69, 9.17) is 0 Å². The van der Waals surface area contributed by atoms with Gasteiger partial charge < -0.3 is 4.90 Å². The van der Waals surface area contributed by atoms with Gasteiger partial charge in [0.15, 0.2) is 5.75 Å². The van der Waals surface area contributed by atoms with E-state index in [1.54, 1.807) is 0 Å². The Morgan fingerprint density at radius 3 is 2.44 bits per heavy atom. The number of nitrogens with zero attached hydrogens (tertiary/aromatic N) is 1. The van der Waals surface area contributed by atoms with Gasteiger partial charge in [0, 0.05) is 25.3 Å². The molecule has 2 nitrogen and oxygen atoms in total. The van der Waals surface area contributed by atoms with Gasteiger partial charge in [-0.15, -0.1) is 0 Å². The van der Waals surface area contributed by atoms with E-state index in [2.05, 4.69) is 18.6 Å². The Labute approximate surface area is 101 Å². The number of Topliss-reactive ketones (excluding diaryl/α,β-unsaturated/α-hetero) is 1. The van der Waals surface area contributed by atoms with Crippen molar-refractivity contribution in [3.8, 4) is 0 Å². The lowest BCUT2D eigenvalue weighted by Crippen LogP contribution is -2.19. The molecule has 0 amide bonds. The van der Waals surface area contributed by atoms with Crippen molar-refractivity contribution in [1.29, 1.82) is 0 Å². The van der Waals surface area contributed by atoms with Crippen LogP contribution in [0.25, 0.3) is 0 Å². The van der Waals surface area contributed by atoms with Crippen LogP contribution in [-0.2, 0) is 10.9 Å². The largest absolute Gasteiger partial charge is 0.377 e. The molecule has 0 atom stereocenters. The molecule has 0 aliphatic rings. The molecule has 0 saturated carbocycles. The summed E-state index contributed by atoms with van der Waals surface area (Å²) in [5, 5.41) is 0. The molecule has 3 heteroatoms. The fourth-order valence-electron chi connectivity index (χ4n) is 1.59. The Morgan fingerprint density at radius 2 is 1.94 bits per heavy atom. The Bertz CT molecular complexity index is 386. The van der Waals surface area contributed by atoms with Gasteiger partial charge in [-0.25, -0.2) is 0 Å². The Hall–Kier alpha value is -0.960. The van der Waals surface area contributed by atoms with Crippen LogP contribution in [0, 0.1) is 6.92 Å². The van der Waals surface area contributed by atoms with Crippen LogP contribution in [0.3, 0.4) is 0 Å². The highest BCUT2D eigenvalue weighted by Crippen LogP contribution is 2.21. The Morgan fingerprint density at radius 1 is 1.31 bits per heavy atom. The normalized spacial score (nSPS) is 10.6. The van der Waals surface area contributed by atoms with Gasteiger partial charge in [0.2, 0.25) is 5.78 Å². The number of hydrogen-bond donors (Lipinski definition) is 0. The summed E-state index contributed by atoms with van der Waals surface area (Å²) in [6.45, 7) is 2.05. The number of benzene rings is 1. The summed E-state index contributed by atoms with van der Waals surface area (Å²) in [7, 11) is 4.11. The van der Waals surface area contributed by atoms with Crippen molar-refractivity contribution in [3.63, 3.8) is 0 Å². The van der Waals surface area contributed by atoms with Crippen LogP contribution in [0.5, 0.6) is 0 Å². The molecule has 0 bridgehead atoms. The summed E-state index contributed by atoms with van der Waals surface area (Å²) in [5.74, 6) is 0.890. The molecule has 0 spiro atoms. The van der Waals surface area contributed by atoms with E-state index in [-0.39, 0.29) is 16.7 Å². The maximum absolute atomic E-state index is 12.1. The van der Waals surface area contributed by atoms with E-state index in [9.17, 15) is 4.79 Å². The third kappa shape index (κ3) is 3.27. The molecule has 0 N–H and O–H groups in total. The molecule has 0 saturated heterocycles. The first-order valence-electron chi connectivity index (χ1n) is 5.27. The molecule has 1 aromatic rings. The predicted octanol–water partition coefficient (Wildman–Crippen LogP) is 2.12. The van der Waals surface area contributed by atoms with Crippen molar-refractivity contribution in [3.05, 3.63) is 29.3 Å². The molecule has 0 aliphatic carbocycles. The minimum atomic E-state index is 0.159. The van der Waals surface area contributed by atoms with Crippen molar-refractivity contribution >= 4 is 22.4 Å². The number of ketones is 1. The van der Waals surface area contributed by atoms with Crippen LogP contribution < -0.4 is 4.90 Å². The van der Waals surface area contributed by atoms with Gasteiger partial charge in [-0.3, -0.25) is 4.79 Å². The second-order valence-corrected chi connectivity index (χ2v) is 6.73. The molecule has 1 aromatic carbocycles. The fourth-order valence-corrected chi connectivity index (χ4v) is 2.27. The minimum absolute atomic E-state index is 0.159. The molecule has 88 valence electrons. The highest BCUT2D eigenvalue weighted by atomic mass is 32.2. The van der Waals surface area contributed by atoms with E-state index < -0.39 is 0 Å². The van der Waals surface area contributed by atoms with Gasteiger partial charge in [-0.1, -0.05) is 6.07 Å². The lowest BCUT2D eigenvalue weighted by atomic mass is 10.1. The minimum Gasteiger partial charge on any atom is -0.377 e. The van der Waals surface area contributed by atoms with Gasteiger partial charge in [-0.05, 0) is 35.5 Å². The zero-order valence-electron chi connectivity index (χ0n) is 10.7. The molecule has 0 radical (unpaired) electrons. The Balaban J connectivity index is 3.07. The first-order valence-corrected chi connectivity index (χ1v) is 7.48. The number of rotatable bonds is 4. The molecular weight excluding hydrogens is 218 g/mol. The number of carbonyl (C=O) groups is 1. The monoisotopic (exact) mass is 238 g/mol. The van der Waals surface area contributed by atoms with Gasteiger partial charge in [0.05, 0.1) is 12.5 Å². The van der Waals surface area contributed by atoms with Crippen molar-refractivity contribution in [2.75, 3.05) is 37.3 Å². The fraction of sp³-hybridized carbons (Fsp3) is 0.462. The van der Waals surface area contributed by atoms with Crippen molar-refractivity contribution in [2.45, 2.75) is 6.92 Å². The maximum Gasteiger partial charge on any atom is 0.213 e. The standard InChI is InChI=1S/C13H20NOS/c1-10-6-7-11(12(8-10)14(2)3)13(15)9-16(4)5/h6-8H,9H2,1-5H3/q+1. The summed E-state index contributed by atoms with van der Waals surface area (Å²) < 4.78 is 0. The topological polar surface area (TPSA) is 20.3 Å². The number of anilines is 1. The third-order valence-corrected chi connectivity index (χ3v) is 3.19. The summed E-state index contributed by atoms with van der Waals surface area (Å²) in [5.41, 5.74) is 3.06. The van der Waals surface area contributed by atoms with E-state index in [1.165, 1.54) is 5.56 Å². The highest BCUT2D eigenvalue weighted by Gasteiger charge is 2.18. The molecule has 0 heterocycles. The predicted molar refractivity (Wildman–Crippen MR) is 73.9 cm³/mol. The van der Waals surface area contributed by atoms with E-state index in [0.29, 0.717) is 5.75 Å². The lowest BCUT2D eigenvalue weighted by molar-refractivity contribution is 0.102. The van der Waals surface area contributed by atoms with Crippen LogP contribution in [-0.4, -0.2) is 38.1 Å². The van der Waals surface area contributed by atoms with Crippen molar-refractivity contribution in [2.24, 2.45) is 0 Å². The average Bonchev–Trinajstić information content (AvgIpc) is 2.16.